The van der Waals surface area contributed by atoms with Crippen molar-refractivity contribution >= 4 is 0 Å². The van der Waals surface area contributed by atoms with Crippen molar-refractivity contribution in [1.82, 2.24) is 6.15 Å². The van der Waals surface area contributed by atoms with Crippen LogP contribution in [-0.4, -0.2) is 35.1 Å². The van der Waals surface area contributed by atoms with Gasteiger partial charge >= 0.3 is 0 Å². The molecular weight excluding hydrogens is 134 g/mol. The number of aliphatic hydroxyl groups is 3. The molecule has 0 atom stereocenters. The molecule has 0 radical (unpaired) electrons. The third kappa shape index (κ3) is 2.62. The van der Waals surface area contributed by atoms with E-state index in [0.717, 1.165) is 0 Å². The second-order valence-corrected chi connectivity index (χ2v) is 2.33. The Balaban J connectivity index is 0. The van der Waals surface area contributed by atoms with Crippen LogP contribution in [0.4, 0.5) is 0 Å². The zero-order valence-electron chi connectivity index (χ0n) is 6.38. The zero-order chi connectivity index (χ0) is 7.33. The van der Waals surface area contributed by atoms with Crippen molar-refractivity contribution in [3.05, 3.63) is 0 Å². The third-order valence-corrected chi connectivity index (χ3v) is 1.76. The van der Waals surface area contributed by atoms with Crippen molar-refractivity contribution < 1.29 is 15.3 Å². The Kier molecular flexibility index (Phi) is 7.02. The van der Waals surface area contributed by atoms with Crippen LogP contribution in [0.1, 0.15) is 13.3 Å². The van der Waals surface area contributed by atoms with Gasteiger partial charge in [-0.15, -0.1) is 0 Å². The van der Waals surface area contributed by atoms with Crippen LogP contribution in [0.15, 0.2) is 0 Å². The smallest absolute Gasteiger partial charge is 0.0531 e. The molecule has 4 nitrogen and oxygen atoms in total. The molecule has 6 N–H and O–H groups in total. The molecule has 0 aromatic heterocycles. The maximum atomic E-state index is 8.66. The van der Waals surface area contributed by atoms with Gasteiger partial charge in [-0.1, -0.05) is 6.92 Å². The van der Waals surface area contributed by atoms with Crippen molar-refractivity contribution in [2.45, 2.75) is 13.3 Å². The third-order valence-electron chi connectivity index (χ3n) is 1.76. The SMILES string of the molecule is CCC(CO)(CO)CO.N. The van der Waals surface area contributed by atoms with E-state index in [-0.39, 0.29) is 26.0 Å². The van der Waals surface area contributed by atoms with E-state index in [1.54, 1.807) is 0 Å². The molecule has 4 heteroatoms. The molecule has 0 rings (SSSR count). The lowest BCUT2D eigenvalue weighted by molar-refractivity contribution is 0.00304. The predicted molar refractivity (Wildman–Crippen MR) is 39.0 cm³/mol. The number of hydrogen-bond donors (Lipinski definition) is 4. The molecule has 0 bridgehead atoms. The van der Waals surface area contributed by atoms with Gasteiger partial charge in [0.1, 0.15) is 0 Å². The first-order valence-corrected chi connectivity index (χ1v) is 3.07. The van der Waals surface area contributed by atoms with Crippen LogP contribution in [0.25, 0.3) is 0 Å². The van der Waals surface area contributed by atoms with E-state index in [1.807, 2.05) is 6.92 Å². The summed E-state index contributed by atoms with van der Waals surface area (Å²) in [6.45, 7) is 1.35. The van der Waals surface area contributed by atoms with E-state index in [1.165, 1.54) is 0 Å². The summed E-state index contributed by atoms with van der Waals surface area (Å²) < 4.78 is 0. The van der Waals surface area contributed by atoms with Gasteiger partial charge in [-0.05, 0) is 6.42 Å². The van der Waals surface area contributed by atoms with Gasteiger partial charge in [0, 0.05) is 5.41 Å². The second-order valence-electron chi connectivity index (χ2n) is 2.33. The monoisotopic (exact) mass is 151 g/mol. The number of hydrogen-bond acceptors (Lipinski definition) is 4. The van der Waals surface area contributed by atoms with Gasteiger partial charge in [0.05, 0.1) is 19.8 Å². The average Bonchev–Trinajstić information content (AvgIpc) is 1.95. The first-order valence-electron chi connectivity index (χ1n) is 3.07. The predicted octanol–water partition coefficient (Wildman–Crippen LogP) is -0.478. The van der Waals surface area contributed by atoms with E-state index >= 15 is 0 Å². The fourth-order valence-corrected chi connectivity index (χ4v) is 0.485. The summed E-state index contributed by atoms with van der Waals surface area (Å²) in [6, 6.07) is 0. The Labute approximate surface area is 61.1 Å². The van der Waals surface area contributed by atoms with Gasteiger partial charge in [-0.2, -0.15) is 0 Å². The topological polar surface area (TPSA) is 95.7 Å². The summed E-state index contributed by atoms with van der Waals surface area (Å²) in [5.74, 6) is 0. The maximum absolute atomic E-state index is 8.66. The van der Waals surface area contributed by atoms with E-state index in [9.17, 15) is 0 Å². The summed E-state index contributed by atoms with van der Waals surface area (Å²) in [5.41, 5.74) is -0.667. The van der Waals surface area contributed by atoms with Crippen molar-refractivity contribution in [3.63, 3.8) is 0 Å². The van der Waals surface area contributed by atoms with Gasteiger partial charge in [0.2, 0.25) is 0 Å². The molecule has 0 amide bonds. The van der Waals surface area contributed by atoms with Crippen molar-refractivity contribution in [3.8, 4) is 0 Å². The van der Waals surface area contributed by atoms with E-state index in [4.69, 9.17) is 15.3 Å². The lowest BCUT2D eigenvalue weighted by atomic mass is 9.88. The van der Waals surface area contributed by atoms with Crippen LogP contribution in [0.5, 0.6) is 0 Å². The maximum Gasteiger partial charge on any atom is 0.0531 e. The normalized spacial score (nSPS) is 10.8. The minimum absolute atomic E-state index is 0. The minimum atomic E-state index is -0.667. The highest BCUT2D eigenvalue weighted by molar-refractivity contribution is 4.74. The van der Waals surface area contributed by atoms with Crippen LogP contribution >= 0.6 is 0 Å². The molecule has 0 aromatic carbocycles. The molecule has 64 valence electrons. The fourth-order valence-electron chi connectivity index (χ4n) is 0.485. The van der Waals surface area contributed by atoms with Crippen LogP contribution in [0, 0.1) is 5.41 Å². The van der Waals surface area contributed by atoms with Crippen molar-refractivity contribution in [2.24, 2.45) is 5.41 Å². The zero-order valence-corrected chi connectivity index (χ0v) is 6.38. The van der Waals surface area contributed by atoms with Gasteiger partial charge < -0.3 is 21.5 Å². The molecule has 0 fully saturated rings. The molecule has 0 aliphatic carbocycles. The lowest BCUT2D eigenvalue weighted by Gasteiger charge is -2.24. The Morgan fingerprint density at radius 1 is 1.00 bits per heavy atom. The molecule has 0 aromatic rings. The van der Waals surface area contributed by atoms with Gasteiger partial charge in [0.15, 0.2) is 0 Å². The average molecular weight is 151 g/mol. The summed E-state index contributed by atoms with van der Waals surface area (Å²) in [6.07, 6.45) is 0.594. The van der Waals surface area contributed by atoms with Crippen LogP contribution in [0.3, 0.4) is 0 Å². The van der Waals surface area contributed by atoms with E-state index in [0.29, 0.717) is 6.42 Å². The highest BCUT2D eigenvalue weighted by Crippen LogP contribution is 2.18. The second kappa shape index (κ2) is 5.61. The minimum Gasteiger partial charge on any atom is -0.396 e. The van der Waals surface area contributed by atoms with E-state index in [2.05, 4.69) is 0 Å². The highest BCUT2D eigenvalue weighted by Gasteiger charge is 2.24. The van der Waals surface area contributed by atoms with E-state index < -0.39 is 5.41 Å². The molecule has 0 aliphatic rings. The number of aliphatic hydroxyl groups excluding tert-OH is 3. The molecule has 0 saturated carbocycles. The Hall–Kier alpha value is -0.160. The Morgan fingerprint density at radius 2 is 1.30 bits per heavy atom. The number of rotatable bonds is 4. The Bertz CT molecular complexity index is 55.9. The Morgan fingerprint density at radius 3 is 1.30 bits per heavy atom. The first kappa shape index (κ1) is 12.5. The van der Waals surface area contributed by atoms with Gasteiger partial charge in [-0.3, -0.25) is 0 Å². The molecule has 10 heavy (non-hydrogen) atoms. The lowest BCUT2D eigenvalue weighted by Crippen LogP contribution is -2.32. The van der Waals surface area contributed by atoms with Crippen LogP contribution < -0.4 is 6.15 Å². The van der Waals surface area contributed by atoms with Gasteiger partial charge in [0.25, 0.3) is 0 Å². The van der Waals surface area contributed by atoms with Crippen LogP contribution in [-0.2, 0) is 0 Å². The summed E-state index contributed by atoms with van der Waals surface area (Å²) >= 11 is 0. The summed E-state index contributed by atoms with van der Waals surface area (Å²) in [7, 11) is 0. The van der Waals surface area contributed by atoms with Gasteiger partial charge in [-0.25, -0.2) is 0 Å². The standard InChI is InChI=1S/C6H14O3.H3N/c1-2-6(3-7,4-8)5-9;/h7-9H,2-5H2,1H3;1H3. The molecule has 0 heterocycles. The molecule has 0 spiro atoms. The summed E-state index contributed by atoms with van der Waals surface area (Å²) in [4.78, 5) is 0. The molecule has 0 saturated heterocycles. The highest BCUT2D eigenvalue weighted by atomic mass is 16.3. The molecular formula is C6H17NO3. The first-order chi connectivity index (χ1) is 4.24. The van der Waals surface area contributed by atoms with Crippen LogP contribution in [0.2, 0.25) is 0 Å². The van der Waals surface area contributed by atoms with Crippen molar-refractivity contribution in [1.29, 1.82) is 0 Å². The fraction of sp³-hybridized carbons (Fsp3) is 1.00. The largest absolute Gasteiger partial charge is 0.396 e. The van der Waals surface area contributed by atoms with Crippen molar-refractivity contribution in [2.75, 3.05) is 19.8 Å². The molecule has 0 unspecified atom stereocenters. The molecule has 0 aliphatic heterocycles. The summed E-state index contributed by atoms with van der Waals surface area (Å²) in [5, 5.41) is 26.0. The quantitative estimate of drug-likeness (QED) is 0.436.